The van der Waals surface area contributed by atoms with Gasteiger partial charge in [-0.25, -0.2) is 9.37 Å². The third-order valence-electron chi connectivity index (χ3n) is 5.25. The molecule has 30 heavy (non-hydrogen) atoms. The lowest BCUT2D eigenvalue weighted by atomic mass is 9.91. The van der Waals surface area contributed by atoms with Crippen molar-refractivity contribution in [1.29, 1.82) is 0 Å². The molecule has 2 N–H and O–H groups in total. The highest BCUT2D eigenvalue weighted by molar-refractivity contribution is 7.21. The second-order valence-electron chi connectivity index (χ2n) is 7.43. The summed E-state index contributed by atoms with van der Waals surface area (Å²) in [7, 11) is 0. The number of anilines is 1. The summed E-state index contributed by atoms with van der Waals surface area (Å²) in [5, 5.41) is 1.43. The van der Waals surface area contributed by atoms with E-state index in [1.165, 1.54) is 23.5 Å². The summed E-state index contributed by atoms with van der Waals surface area (Å²) in [6, 6.07) is 15.6. The minimum absolute atomic E-state index is 0.00860. The zero-order valence-electron chi connectivity index (χ0n) is 16.6. The zero-order valence-corrected chi connectivity index (χ0v) is 18.2. The molecule has 0 saturated heterocycles. The van der Waals surface area contributed by atoms with Crippen molar-refractivity contribution in [1.82, 2.24) is 4.98 Å². The van der Waals surface area contributed by atoms with Crippen LogP contribution in [0.3, 0.4) is 0 Å². The molecule has 2 aromatic carbocycles. The SMILES string of the molecule is Cc1ccc(Cl)cc1C(C)CC(=O)c1sc2nc(-c3ccc(F)cc3)ccc2c1N. The maximum Gasteiger partial charge on any atom is 0.175 e. The predicted molar refractivity (Wildman–Crippen MR) is 123 cm³/mol. The molecule has 0 amide bonds. The van der Waals surface area contributed by atoms with Gasteiger partial charge in [0.2, 0.25) is 0 Å². The first kappa shape index (κ1) is 20.5. The summed E-state index contributed by atoms with van der Waals surface area (Å²) in [6.45, 7) is 4.03. The lowest BCUT2D eigenvalue weighted by molar-refractivity contribution is 0.0980. The maximum absolute atomic E-state index is 13.2. The van der Waals surface area contributed by atoms with Gasteiger partial charge in [-0.3, -0.25) is 4.79 Å². The van der Waals surface area contributed by atoms with Gasteiger partial charge in [-0.05, 0) is 72.5 Å². The number of rotatable bonds is 5. The summed E-state index contributed by atoms with van der Waals surface area (Å²) in [5.74, 6) is -0.286. The Balaban J connectivity index is 1.63. The quantitative estimate of drug-likeness (QED) is 0.340. The first-order valence-corrected chi connectivity index (χ1v) is 10.8. The van der Waals surface area contributed by atoms with Crippen molar-refractivity contribution < 1.29 is 9.18 Å². The van der Waals surface area contributed by atoms with Crippen LogP contribution in [-0.4, -0.2) is 10.8 Å². The van der Waals surface area contributed by atoms with Crippen LogP contribution in [0.4, 0.5) is 10.1 Å². The predicted octanol–water partition coefficient (Wildman–Crippen LogP) is 7.02. The molecule has 6 heteroatoms. The van der Waals surface area contributed by atoms with Gasteiger partial charge in [0.05, 0.1) is 16.3 Å². The van der Waals surface area contributed by atoms with E-state index in [-0.39, 0.29) is 17.5 Å². The van der Waals surface area contributed by atoms with E-state index in [2.05, 4.69) is 4.98 Å². The number of pyridine rings is 1. The molecule has 0 fully saturated rings. The molecule has 0 radical (unpaired) electrons. The number of ketones is 1. The van der Waals surface area contributed by atoms with Crippen LogP contribution in [0.1, 0.15) is 40.1 Å². The summed E-state index contributed by atoms with van der Waals surface area (Å²) >= 11 is 7.44. The lowest BCUT2D eigenvalue weighted by Gasteiger charge is -2.14. The number of Topliss-reactive ketones (excluding diaryl/α,β-unsaturated/α-hetero) is 1. The molecule has 0 aliphatic carbocycles. The number of carbonyl (C=O) groups excluding carboxylic acids is 1. The number of halogens is 2. The monoisotopic (exact) mass is 438 g/mol. The largest absolute Gasteiger partial charge is 0.397 e. The minimum atomic E-state index is -0.294. The molecule has 0 spiro atoms. The molecule has 1 atom stereocenters. The van der Waals surface area contributed by atoms with Crippen molar-refractivity contribution in [2.75, 3.05) is 5.73 Å². The molecule has 2 heterocycles. The van der Waals surface area contributed by atoms with Gasteiger partial charge in [0, 0.05) is 22.4 Å². The van der Waals surface area contributed by atoms with Gasteiger partial charge in [-0.2, -0.15) is 0 Å². The Kier molecular flexibility index (Phi) is 5.58. The number of hydrogen-bond acceptors (Lipinski definition) is 4. The lowest BCUT2D eigenvalue weighted by Crippen LogP contribution is -2.06. The van der Waals surface area contributed by atoms with Crippen LogP contribution in [0, 0.1) is 12.7 Å². The molecule has 3 nitrogen and oxygen atoms in total. The van der Waals surface area contributed by atoms with Crippen molar-refractivity contribution in [3.63, 3.8) is 0 Å². The van der Waals surface area contributed by atoms with E-state index in [0.717, 1.165) is 22.1 Å². The molecular weight excluding hydrogens is 419 g/mol. The number of hydrogen-bond donors (Lipinski definition) is 1. The van der Waals surface area contributed by atoms with E-state index in [0.29, 0.717) is 32.5 Å². The fourth-order valence-corrected chi connectivity index (χ4v) is 4.83. The van der Waals surface area contributed by atoms with E-state index in [4.69, 9.17) is 17.3 Å². The smallest absolute Gasteiger partial charge is 0.175 e. The van der Waals surface area contributed by atoms with Gasteiger partial charge in [0.15, 0.2) is 5.78 Å². The first-order chi connectivity index (χ1) is 14.3. The van der Waals surface area contributed by atoms with Crippen molar-refractivity contribution in [3.8, 4) is 11.3 Å². The maximum atomic E-state index is 13.2. The number of benzene rings is 2. The van der Waals surface area contributed by atoms with Crippen LogP contribution in [0.25, 0.3) is 21.5 Å². The van der Waals surface area contributed by atoms with E-state index < -0.39 is 0 Å². The van der Waals surface area contributed by atoms with E-state index in [1.807, 2.05) is 44.2 Å². The number of thiophene rings is 1. The van der Waals surface area contributed by atoms with E-state index in [9.17, 15) is 9.18 Å². The third kappa shape index (κ3) is 3.95. The van der Waals surface area contributed by atoms with Crippen LogP contribution in [0.5, 0.6) is 0 Å². The molecule has 1 unspecified atom stereocenters. The Hall–Kier alpha value is -2.76. The topological polar surface area (TPSA) is 56.0 Å². The highest BCUT2D eigenvalue weighted by atomic mass is 35.5. The summed E-state index contributed by atoms with van der Waals surface area (Å²) in [5.41, 5.74) is 10.5. The summed E-state index contributed by atoms with van der Waals surface area (Å²) in [4.78, 5) is 18.9. The molecule has 4 rings (SSSR count). The second-order valence-corrected chi connectivity index (χ2v) is 8.87. The van der Waals surface area contributed by atoms with Gasteiger partial charge in [-0.1, -0.05) is 24.6 Å². The summed E-state index contributed by atoms with van der Waals surface area (Å²) in [6.07, 6.45) is 0.336. The molecule has 0 aliphatic heterocycles. The Morgan fingerprint density at radius 2 is 1.90 bits per heavy atom. The molecule has 2 aromatic heterocycles. The number of carbonyl (C=O) groups is 1. The summed E-state index contributed by atoms with van der Waals surface area (Å²) < 4.78 is 13.2. The van der Waals surface area contributed by atoms with Crippen molar-refractivity contribution in [2.24, 2.45) is 0 Å². The fraction of sp³-hybridized carbons (Fsp3) is 0.167. The Morgan fingerprint density at radius 1 is 1.17 bits per heavy atom. The molecule has 0 aliphatic rings. The average Bonchev–Trinajstić information content (AvgIpc) is 3.06. The number of nitrogen functional groups attached to an aromatic ring is 1. The molecule has 152 valence electrons. The number of fused-ring (bicyclic) bond motifs is 1. The number of nitrogens with two attached hydrogens (primary N) is 1. The van der Waals surface area contributed by atoms with Crippen LogP contribution in [0.15, 0.2) is 54.6 Å². The highest BCUT2D eigenvalue weighted by Crippen LogP contribution is 2.36. The number of nitrogens with zero attached hydrogens (tertiary/aromatic N) is 1. The average molecular weight is 439 g/mol. The zero-order chi connectivity index (χ0) is 21.4. The Bertz CT molecular complexity index is 1250. The normalized spacial score (nSPS) is 12.3. The van der Waals surface area contributed by atoms with Crippen LogP contribution in [0.2, 0.25) is 5.02 Å². The van der Waals surface area contributed by atoms with Crippen molar-refractivity contribution in [3.05, 3.63) is 81.4 Å². The van der Waals surface area contributed by atoms with Crippen molar-refractivity contribution >= 4 is 44.6 Å². The van der Waals surface area contributed by atoms with Crippen molar-refractivity contribution in [2.45, 2.75) is 26.2 Å². The Labute approximate surface area is 183 Å². The van der Waals surface area contributed by atoms with Crippen LogP contribution < -0.4 is 5.73 Å². The first-order valence-electron chi connectivity index (χ1n) is 9.57. The molecule has 0 bridgehead atoms. The van der Waals surface area contributed by atoms with E-state index >= 15 is 0 Å². The highest BCUT2D eigenvalue weighted by Gasteiger charge is 2.21. The number of aromatic nitrogens is 1. The molecule has 4 aromatic rings. The van der Waals surface area contributed by atoms with Gasteiger partial charge < -0.3 is 5.73 Å². The van der Waals surface area contributed by atoms with Crippen LogP contribution in [-0.2, 0) is 0 Å². The molecular formula is C24H20ClFN2OS. The van der Waals surface area contributed by atoms with Gasteiger partial charge in [0.25, 0.3) is 0 Å². The minimum Gasteiger partial charge on any atom is -0.397 e. The van der Waals surface area contributed by atoms with Gasteiger partial charge in [0.1, 0.15) is 10.6 Å². The van der Waals surface area contributed by atoms with E-state index in [1.54, 1.807) is 12.1 Å². The second kappa shape index (κ2) is 8.17. The van der Waals surface area contributed by atoms with Gasteiger partial charge >= 0.3 is 0 Å². The molecule has 0 saturated carbocycles. The fourth-order valence-electron chi connectivity index (χ4n) is 3.61. The number of aryl methyl sites for hydroxylation is 1. The third-order valence-corrected chi connectivity index (χ3v) is 6.64. The standard InChI is InChI=1S/C24H20ClFN2OS/c1-13-3-6-16(25)12-19(13)14(2)11-21(29)23-22(27)18-9-10-20(28-24(18)30-23)15-4-7-17(26)8-5-15/h3-10,12,14H,11,27H2,1-2H3. The van der Waals surface area contributed by atoms with Crippen LogP contribution >= 0.6 is 22.9 Å². The Morgan fingerprint density at radius 3 is 2.63 bits per heavy atom. The van der Waals surface area contributed by atoms with Gasteiger partial charge in [-0.15, -0.1) is 11.3 Å².